The van der Waals surface area contributed by atoms with Gasteiger partial charge in [0.25, 0.3) is 11.5 Å². The number of sulfone groups is 1. The fraction of sp³-hybridized carbons (Fsp3) is 0.333. The number of hydrogen-bond donors (Lipinski definition) is 2. The van der Waals surface area contributed by atoms with Crippen LogP contribution in [0.25, 0.3) is 5.69 Å². The summed E-state index contributed by atoms with van der Waals surface area (Å²) in [6.07, 6.45) is 0.424. The zero-order chi connectivity index (χ0) is 22.1. The maximum absolute atomic E-state index is 12.5. The predicted molar refractivity (Wildman–Crippen MR) is 105 cm³/mol. The minimum absolute atomic E-state index is 0.0714. The number of nitrogens with two attached hydrogens (primary N) is 1. The van der Waals surface area contributed by atoms with Gasteiger partial charge in [-0.1, -0.05) is 0 Å². The fourth-order valence-electron chi connectivity index (χ4n) is 3.06. The van der Waals surface area contributed by atoms with Gasteiger partial charge in [0.2, 0.25) is 0 Å². The van der Waals surface area contributed by atoms with Crippen molar-refractivity contribution >= 4 is 21.8 Å². The largest absolute Gasteiger partial charge is 0.488 e. The molecule has 1 aliphatic rings. The smallest absolute Gasteiger partial charge is 0.407 e. The molecule has 0 bridgehead atoms. The van der Waals surface area contributed by atoms with Crippen LogP contribution in [0.3, 0.4) is 0 Å². The molecule has 0 spiro atoms. The quantitative estimate of drug-likeness (QED) is 0.674. The number of nitrogens with zero attached hydrogens (tertiary/aromatic N) is 3. The van der Waals surface area contributed by atoms with Crippen LogP contribution >= 0.6 is 0 Å². The van der Waals surface area contributed by atoms with E-state index in [1.807, 2.05) is 0 Å². The van der Waals surface area contributed by atoms with E-state index in [1.54, 1.807) is 0 Å². The number of hydrogen-bond acceptors (Lipinski definition) is 7. The molecule has 0 atom stereocenters. The molecule has 1 aliphatic heterocycles. The molecule has 2 amide bonds. The molecule has 2 heterocycles. The van der Waals surface area contributed by atoms with Gasteiger partial charge < -0.3 is 20.5 Å². The van der Waals surface area contributed by atoms with Crippen LogP contribution in [0.1, 0.15) is 23.3 Å². The molecule has 30 heavy (non-hydrogen) atoms. The lowest BCUT2D eigenvalue weighted by atomic mass is 10.1. The molecule has 160 valence electrons. The van der Waals surface area contributed by atoms with Crippen molar-refractivity contribution in [2.24, 2.45) is 5.73 Å². The summed E-state index contributed by atoms with van der Waals surface area (Å²) in [6, 6.07) is 6.50. The molecule has 0 aliphatic carbocycles. The van der Waals surface area contributed by atoms with Crippen LogP contribution in [0.15, 0.2) is 40.0 Å². The van der Waals surface area contributed by atoms with Crippen molar-refractivity contribution in [3.8, 4) is 11.4 Å². The Kier molecular flexibility index (Phi) is 5.78. The highest BCUT2D eigenvalue weighted by Gasteiger charge is 2.26. The van der Waals surface area contributed by atoms with Crippen molar-refractivity contribution in [3.05, 3.63) is 46.4 Å². The van der Waals surface area contributed by atoms with Crippen molar-refractivity contribution < 1.29 is 27.9 Å². The normalized spacial score (nSPS) is 15.0. The van der Waals surface area contributed by atoms with E-state index in [0.717, 1.165) is 17.0 Å². The number of aromatic nitrogens is 2. The average molecular weight is 436 g/mol. The highest BCUT2D eigenvalue weighted by atomic mass is 32.2. The van der Waals surface area contributed by atoms with Crippen LogP contribution in [0.4, 0.5) is 4.79 Å². The summed E-state index contributed by atoms with van der Waals surface area (Å²) < 4.78 is 29.8. The Labute approximate surface area is 171 Å². The van der Waals surface area contributed by atoms with Crippen LogP contribution in [0, 0.1) is 0 Å². The zero-order valence-electron chi connectivity index (χ0n) is 16.0. The molecule has 0 saturated carbocycles. The molecule has 11 nitrogen and oxygen atoms in total. The Hall–Kier alpha value is -3.41. The minimum atomic E-state index is -3.41. The van der Waals surface area contributed by atoms with Crippen molar-refractivity contribution in [1.29, 1.82) is 0 Å². The molecule has 12 heteroatoms. The number of carbonyl (C=O) groups is 2. The molecular weight excluding hydrogens is 416 g/mol. The van der Waals surface area contributed by atoms with Gasteiger partial charge in [-0.05, 0) is 24.3 Å². The zero-order valence-corrected chi connectivity index (χ0v) is 16.8. The third-order valence-corrected chi connectivity index (χ3v) is 5.77. The van der Waals surface area contributed by atoms with E-state index < -0.39 is 33.5 Å². The Balaban J connectivity index is 1.89. The van der Waals surface area contributed by atoms with Crippen molar-refractivity contribution in [1.82, 2.24) is 14.7 Å². The molecule has 0 radical (unpaired) electrons. The Morgan fingerprint density at radius 2 is 1.80 bits per heavy atom. The second-order valence-corrected chi connectivity index (χ2v) is 8.84. The molecule has 1 aromatic heterocycles. The lowest BCUT2D eigenvalue weighted by Gasteiger charge is -2.30. The second kappa shape index (κ2) is 8.14. The van der Waals surface area contributed by atoms with E-state index in [-0.39, 0.29) is 35.1 Å². The van der Waals surface area contributed by atoms with Gasteiger partial charge in [0.15, 0.2) is 21.3 Å². The van der Waals surface area contributed by atoms with Gasteiger partial charge in [-0.3, -0.25) is 9.59 Å². The first-order valence-corrected chi connectivity index (χ1v) is 10.8. The number of benzene rings is 1. The van der Waals surface area contributed by atoms with Crippen LogP contribution < -0.4 is 16.0 Å². The van der Waals surface area contributed by atoms with E-state index in [9.17, 15) is 22.8 Å². The van der Waals surface area contributed by atoms with Crippen LogP contribution in [-0.4, -0.2) is 65.7 Å². The van der Waals surface area contributed by atoms with Gasteiger partial charge in [0.1, 0.15) is 6.10 Å². The number of piperidine rings is 1. The molecule has 0 unspecified atom stereocenters. The second-order valence-electron chi connectivity index (χ2n) is 6.82. The number of carbonyl (C=O) groups excluding carboxylic acids is 1. The maximum atomic E-state index is 12.5. The van der Waals surface area contributed by atoms with E-state index in [0.29, 0.717) is 12.8 Å². The van der Waals surface area contributed by atoms with Crippen molar-refractivity contribution in [3.63, 3.8) is 0 Å². The monoisotopic (exact) mass is 436 g/mol. The molecule has 3 N–H and O–H groups in total. The van der Waals surface area contributed by atoms with Gasteiger partial charge in [-0.25, -0.2) is 13.2 Å². The lowest BCUT2D eigenvalue weighted by molar-refractivity contribution is 0.0867. The summed E-state index contributed by atoms with van der Waals surface area (Å²) in [5.41, 5.74) is 4.78. The summed E-state index contributed by atoms with van der Waals surface area (Å²) >= 11 is 0. The number of amides is 2. The lowest BCUT2D eigenvalue weighted by Crippen LogP contribution is -2.41. The molecule has 3 rings (SSSR count). The third-order valence-electron chi connectivity index (χ3n) is 4.65. The highest BCUT2D eigenvalue weighted by Crippen LogP contribution is 2.21. The van der Waals surface area contributed by atoms with E-state index in [1.165, 1.54) is 29.2 Å². The highest BCUT2D eigenvalue weighted by molar-refractivity contribution is 7.90. The summed E-state index contributed by atoms with van der Waals surface area (Å²) in [6.45, 7) is 0.534. The summed E-state index contributed by atoms with van der Waals surface area (Å²) in [4.78, 5) is 36.7. The first kappa shape index (κ1) is 21.3. The van der Waals surface area contributed by atoms with Gasteiger partial charge in [-0.2, -0.15) is 9.78 Å². The summed E-state index contributed by atoms with van der Waals surface area (Å²) in [7, 11) is -3.41. The van der Waals surface area contributed by atoms with Crippen LogP contribution in [0.2, 0.25) is 0 Å². The van der Waals surface area contributed by atoms with E-state index in [4.69, 9.17) is 15.6 Å². The third kappa shape index (κ3) is 4.59. The molecule has 1 saturated heterocycles. The van der Waals surface area contributed by atoms with Crippen molar-refractivity contribution in [2.45, 2.75) is 23.8 Å². The SMILES string of the molecule is CS(=O)(=O)c1ccc(-n2nc(C(N)=O)c(OC3CCN(C(=O)O)CC3)cc2=O)cc1. The number of carboxylic acid groups (broad SMARTS) is 1. The topological polar surface area (TPSA) is 162 Å². The first-order valence-electron chi connectivity index (χ1n) is 8.95. The number of rotatable bonds is 5. The molecule has 1 fully saturated rings. The average Bonchev–Trinajstić information content (AvgIpc) is 2.68. The molecular formula is C18H20N4O7S. The number of ether oxygens (including phenoxy) is 1. The Morgan fingerprint density at radius 1 is 1.20 bits per heavy atom. The summed E-state index contributed by atoms with van der Waals surface area (Å²) in [5, 5.41) is 13.0. The van der Waals surface area contributed by atoms with Crippen molar-refractivity contribution in [2.75, 3.05) is 19.3 Å². The van der Waals surface area contributed by atoms with E-state index in [2.05, 4.69) is 5.10 Å². The Morgan fingerprint density at radius 3 is 2.30 bits per heavy atom. The van der Waals surface area contributed by atoms with Crippen LogP contribution in [0.5, 0.6) is 5.75 Å². The Bertz CT molecular complexity index is 1130. The minimum Gasteiger partial charge on any atom is -0.488 e. The fourth-order valence-corrected chi connectivity index (χ4v) is 3.70. The van der Waals surface area contributed by atoms with Gasteiger partial charge in [0.05, 0.1) is 16.6 Å². The summed E-state index contributed by atoms with van der Waals surface area (Å²) in [5.74, 6) is -0.986. The van der Waals surface area contributed by atoms with Gasteiger partial charge in [-0.15, -0.1) is 0 Å². The van der Waals surface area contributed by atoms with Crippen LogP contribution in [-0.2, 0) is 9.84 Å². The van der Waals surface area contributed by atoms with E-state index >= 15 is 0 Å². The molecule has 2 aromatic rings. The first-order chi connectivity index (χ1) is 14.1. The molecule has 1 aromatic carbocycles. The van der Waals surface area contributed by atoms with Gasteiger partial charge >= 0.3 is 6.09 Å². The maximum Gasteiger partial charge on any atom is 0.407 e. The number of primary amides is 1. The predicted octanol–water partition coefficient (Wildman–Crippen LogP) is 0.256. The van der Waals surface area contributed by atoms with Gasteiger partial charge in [0, 0.05) is 32.2 Å². The number of likely N-dealkylation sites (tertiary alicyclic amines) is 1. The standard InChI is InChI=1S/C18H20N4O7S/c1-30(27,28)13-4-2-11(3-5-13)22-15(23)10-14(16(20-22)17(19)24)29-12-6-8-21(9-7-12)18(25)26/h2-5,10,12H,6-9H2,1H3,(H2,19,24)(H,25,26).